The Labute approximate surface area is 134 Å². The first-order chi connectivity index (χ1) is 10.7. The molecule has 2 aromatic rings. The molecule has 3 heterocycles. The van der Waals surface area contributed by atoms with Gasteiger partial charge in [0, 0.05) is 13.1 Å². The number of nitrogens with zero attached hydrogens (tertiary/aromatic N) is 2. The number of nitrogens with two attached hydrogens (primary N) is 1. The fourth-order valence-electron chi connectivity index (χ4n) is 2.77. The predicted molar refractivity (Wildman–Crippen MR) is 86.6 cm³/mol. The van der Waals surface area contributed by atoms with Crippen LogP contribution in [0.3, 0.4) is 0 Å². The van der Waals surface area contributed by atoms with Crippen molar-refractivity contribution < 1.29 is 9.21 Å². The Hall–Kier alpha value is -1.66. The Morgan fingerprint density at radius 2 is 2.27 bits per heavy atom. The van der Waals surface area contributed by atoms with Crippen molar-refractivity contribution in [3.8, 4) is 10.8 Å². The Morgan fingerprint density at radius 1 is 1.50 bits per heavy atom. The van der Waals surface area contributed by atoms with E-state index in [1.807, 2.05) is 29.3 Å². The SMILES string of the molecule is Cc1oc(-c2cccs2)nc1CC(=O)N1CCC(CN)CC1. The molecular weight excluding hydrogens is 298 g/mol. The summed E-state index contributed by atoms with van der Waals surface area (Å²) >= 11 is 1.58. The first-order valence-electron chi connectivity index (χ1n) is 7.65. The number of aromatic nitrogens is 1. The highest BCUT2D eigenvalue weighted by Crippen LogP contribution is 2.26. The van der Waals surface area contributed by atoms with Crippen molar-refractivity contribution in [2.75, 3.05) is 19.6 Å². The van der Waals surface area contributed by atoms with Crippen molar-refractivity contribution >= 4 is 17.2 Å². The molecule has 118 valence electrons. The third kappa shape index (κ3) is 3.23. The molecule has 1 amide bonds. The quantitative estimate of drug-likeness (QED) is 0.939. The summed E-state index contributed by atoms with van der Waals surface area (Å²) in [5.74, 6) is 2.03. The molecule has 0 atom stereocenters. The van der Waals surface area contributed by atoms with Crippen molar-refractivity contribution in [1.82, 2.24) is 9.88 Å². The molecule has 0 aliphatic carbocycles. The molecule has 0 bridgehead atoms. The normalized spacial score (nSPS) is 16.2. The highest BCUT2D eigenvalue weighted by Gasteiger charge is 2.24. The largest absolute Gasteiger partial charge is 0.440 e. The van der Waals surface area contributed by atoms with Gasteiger partial charge in [0.1, 0.15) is 5.76 Å². The van der Waals surface area contributed by atoms with Crippen LogP contribution in [0.1, 0.15) is 24.3 Å². The van der Waals surface area contributed by atoms with Crippen LogP contribution in [0.5, 0.6) is 0 Å². The van der Waals surface area contributed by atoms with Crippen LogP contribution in [0.4, 0.5) is 0 Å². The molecular formula is C16H21N3O2S. The maximum Gasteiger partial charge on any atom is 0.236 e. The van der Waals surface area contributed by atoms with Crippen LogP contribution < -0.4 is 5.73 Å². The van der Waals surface area contributed by atoms with Crippen LogP contribution in [0.25, 0.3) is 10.8 Å². The lowest BCUT2D eigenvalue weighted by molar-refractivity contribution is -0.131. The van der Waals surface area contributed by atoms with Gasteiger partial charge in [-0.25, -0.2) is 4.98 Å². The second kappa shape index (κ2) is 6.62. The van der Waals surface area contributed by atoms with Gasteiger partial charge in [0.25, 0.3) is 0 Å². The van der Waals surface area contributed by atoms with E-state index in [1.54, 1.807) is 11.3 Å². The van der Waals surface area contributed by atoms with Crippen LogP contribution >= 0.6 is 11.3 Å². The zero-order valence-corrected chi connectivity index (χ0v) is 13.6. The van der Waals surface area contributed by atoms with E-state index in [-0.39, 0.29) is 5.91 Å². The molecule has 2 N–H and O–H groups in total. The minimum absolute atomic E-state index is 0.129. The third-order valence-electron chi connectivity index (χ3n) is 4.24. The fourth-order valence-corrected chi connectivity index (χ4v) is 3.42. The zero-order valence-electron chi connectivity index (χ0n) is 12.7. The molecule has 1 aliphatic rings. The monoisotopic (exact) mass is 319 g/mol. The maximum absolute atomic E-state index is 12.4. The average molecular weight is 319 g/mol. The smallest absolute Gasteiger partial charge is 0.236 e. The van der Waals surface area contributed by atoms with Crippen LogP contribution in [-0.2, 0) is 11.2 Å². The maximum atomic E-state index is 12.4. The lowest BCUT2D eigenvalue weighted by Gasteiger charge is -2.31. The van der Waals surface area contributed by atoms with Crippen LogP contribution in [0, 0.1) is 12.8 Å². The van der Waals surface area contributed by atoms with E-state index >= 15 is 0 Å². The van der Waals surface area contributed by atoms with E-state index in [2.05, 4.69) is 4.98 Å². The molecule has 3 rings (SSSR count). The summed E-state index contributed by atoms with van der Waals surface area (Å²) in [6.45, 7) is 4.19. The molecule has 0 saturated carbocycles. The van der Waals surface area contributed by atoms with E-state index in [1.165, 1.54) is 0 Å². The minimum Gasteiger partial charge on any atom is -0.440 e. The molecule has 2 aromatic heterocycles. The molecule has 5 nitrogen and oxygen atoms in total. The number of hydrogen-bond acceptors (Lipinski definition) is 5. The lowest BCUT2D eigenvalue weighted by atomic mass is 9.97. The van der Waals surface area contributed by atoms with Crippen LogP contribution in [-0.4, -0.2) is 35.4 Å². The first kappa shape index (κ1) is 15.2. The number of carbonyl (C=O) groups excluding carboxylic acids is 1. The number of amides is 1. The summed E-state index contributed by atoms with van der Waals surface area (Å²) in [7, 11) is 0. The van der Waals surface area contributed by atoms with Gasteiger partial charge in [-0.15, -0.1) is 11.3 Å². The summed E-state index contributed by atoms with van der Waals surface area (Å²) in [5, 5.41) is 1.99. The van der Waals surface area contributed by atoms with Gasteiger partial charge in [-0.1, -0.05) is 6.07 Å². The highest BCUT2D eigenvalue weighted by atomic mass is 32.1. The van der Waals surface area contributed by atoms with Gasteiger partial charge in [0.15, 0.2) is 0 Å². The molecule has 0 aromatic carbocycles. The first-order valence-corrected chi connectivity index (χ1v) is 8.53. The second-order valence-electron chi connectivity index (χ2n) is 5.74. The summed E-state index contributed by atoms with van der Waals surface area (Å²) in [5.41, 5.74) is 6.44. The highest BCUT2D eigenvalue weighted by molar-refractivity contribution is 7.13. The molecule has 22 heavy (non-hydrogen) atoms. The van der Waals surface area contributed by atoms with Crippen LogP contribution in [0.15, 0.2) is 21.9 Å². The number of piperidine rings is 1. The van der Waals surface area contributed by atoms with E-state index < -0.39 is 0 Å². The Kier molecular flexibility index (Phi) is 4.59. The topological polar surface area (TPSA) is 72.4 Å². The van der Waals surface area contributed by atoms with Crippen molar-refractivity contribution in [3.63, 3.8) is 0 Å². The standard InChI is InChI=1S/C16H21N3O2S/c1-11-13(18-16(21-11)14-3-2-8-22-14)9-15(20)19-6-4-12(10-17)5-7-19/h2-3,8,12H,4-7,9-10,17H2,1H3. The number of thiophene rings is 1. The van der Waals surface area contributed by atoms with Gasteiger partial charge in [-0.2, -0.15) is 0 Å². The van der Waals surface area contributed by atoms with Gasteiger partial charge in [-0.3, -0.25) is 4.79 Å². The van der Waals surface area contributed by atoms with Gasteiger partial charge < -0.3 is 15.1 Å². The van der Waals surface area contributed by atoms with Crippen molar-refractivity contribution in [1.29, 1.82) is 0 Å². The number of likely N-dealkylation sites (tertiary alicyclic amines) is 1. The Morgan fingerprint density at radius 3 is 2.91 bits per heavy atom. The van der Waals surface area contributed by atoms with Crippen molar-refractivity contribution in [2.45, 2.75) is 26.2 Å². The molecule has 0 unspecified atom stereocenters. The van der Waals surface area contributed by atoms with E-state index in [0.717, 1.165) is 42.3 Å². The summed E-state index contributed by atoms with van der Waals surface area (Å²) in [4.78, 5) is 19.8. The zero-order chi connectivity index (χ0) is 15.5. The van der Waals surface area contributed by atoms with E-state index in [4.69, 9.17) is 10.2 Å². The minimum atomic E-state index is 0.129. The second-order valence-corrected chi connectivity index (χ2v) is 6.68. The lowest BCUT2D eigenvalue weighted by Crippen LogP contribution is -2.40. The number of hydrogen-bond donors (Lipinski definition) is 1. The van der Waals surface area contributed by atoms with Crippen molar-refractivity contribution in [3.05, 3.63) is 29.0 Å². The predicted octanol–water partition coefficient (Wildman–Crippen LogP) is 2.45. The van der Waals surface area contributed by atoms with Crippen molar-refractivity contribution in [2.24, 2.45) is 11.7 Å². The van der Waals surface area contributed by atoms with Gasteiger partial charge in [-0.05, 0) is 43.7 Å². The molecule has 6 heteroatoms. The number of rotatable bonds is 4. The number of oxazole rings is 1. The Bertz CT molecular complexity index is 628. The van der Waals surface area contributed by atoms with Gasteiger partial charge in [0.05, 0.1) is 17.0 Å². The molecule has 0 spiro atoms. The molecule has 1 saturated heterocycles. The fraction of sp³-hybridized carbons (Fsp3) is 0.500. The van der Waals surface area contributed by atoms with E-state index in [0.29, 0.717) is 24.8 Å². The van der Waals surface area contributed by atoms with Gasteiger partial charge >= 0.3 is 0 Å². The van der Waals surface area contributed by atoms with E-state index in [9.17, 15) is 4.79 Å². The third-order valence-corrected chi connectivity index (χ3v) is 5.10. The average Bonchev–Trinajstić information content (AvgIpc) is 3.18. The molecule has 0 radical (unpaired) electrons. The summed E-state index contributed by atoms with van der Waals surface area (Å²) in [6.07, 6.45) is 2.31. The summed E-state index contributed by atoms with van der Waals surface area (Å²) in [6, 6.07) is 3.94. The molecule has 1 aliphatic heterocycles. The molecule has 1 fully saturated rings. The Balaban J connectivity index is 1.65. The van der Waals surface area contributed by atoms with Crippen LogP contribution in [0.2, 0.25) is 0 Å². The van der Waals surface area contributed by atoms with Gasteiger partial charge in [0.2, 0.25) is 11.8 Å². The number of carbonyl (C=O) groups is 1. The number of aryl methyl sites for hydroxylation is 1. The summed E-state index contributed by atoms with van der Waals surface area (Å²) < 4.78 is 5.69.